The zero-order valence-electron chi connectivity index (χ0n) is 25.3. The van der Waals surface area contributed by atoms with Crippen LogP contribution in [0, 0.1) is 29.6 Å². The Labute approximate surface area is 260 Å². The lowest BCUT2D eigenvalue weighted by Crippen LogP contribution is -2.52. The predicted molar refractivity (Wildman–Crippen MR) is 171 cm³/mol. The first-order chi connectivity index (χ1) is 21.7. The Morgan fingerprint density at radius 1 is 1.04 bits per heavy atom. The van der Waals surface area contributed by atoms with Gasteiger partial charge in [0.2, 0.25) is 11.4 Å². The van der Waals surface area contributed by atoms with Crippen LogP contribution in [-0.4, -0.2) is 39.8 Å². The third kappa shape index (κ3) is 4.92. The minimum Gasteiger partial charge on any atom is -0.493 e. The number of aromatic carboxylic acids is 1. The van der Waals surface area contributed by atoms with E-state index in [9.17, 15) is 14.7 Å². The largest absolute Gasteiger partial charge is 0.493 e. The van der Waals surface area contributed by atoms with Crippen LogP contribution in [-0.2, 0) is 12.0 Å². The average Bonchev–Trinajstić information content (AvgIpc) is 3.00. The molecule has 2 heterocycles. The highest BCUT2D eigenvalue weighted by Gasteiger charge is 2.52. The molecular weight excluding hydrogens is 570 g/mol. The van der Waals surface area contributed by atoms with Crippen molar-refractivity contribution in [2.75, 3.05) is 25.7 Å². The van der Waals surface area contributed by atoms with Crippen molar-refractivity contribution in [1.29, 1.82) is 0 Å². The number of carbonyl (C=O) groups is 1. The van der Waals surface area contributed by atoms with Gasteiger partial charge in [0, 0.05) is 35.5 Å². The molecule has 0 unspecified atom stereocenters. The molecule has 10 nitrogen and oxygen atoms in total. The van der Waals surface area contributed by atoms with Gasteiger partial charge in [-0.25, -0.2) is 9.78 Å². The molecular formula is C35H35N5O5. The zero-order chi connectivity index (χ0) is 31.5. The van der Waals surface area contributed by atoms with Gasteiger partial charge in [-0.3, -0.25) is 4.79 Å². The molecule has 0 spiro atoms. The first-order valence-corrected chi connectivity index (χ1v) is 15.2. The van der Waals surface area contributed by atoms with E-state index in [0.29, 0.717) is 62.4 Å². The smallest absolute Gasteiger partial charge is 0.341 e. The highest BCUT2D eigenvalue weighted by Crippen LogP contribution is 2.59. The van der Waals surface area contributed by atoms with Crippen LogP contribution in [0.15, 0.2) is 47.5 Å². The molecule has 8 rings (SSSR count). The molecule has 4 fully saturated rings. The maximum absolute atomic E-state index is 14.0. The summed E-state index contributed by atoms with van der Waals surface area (Å²) in [5.41, 5.74) is 14.1. The van der Waals surface area contributed by atoms with Gasteiger partial charge in [-0.15, -0.1) is 0 Å². The molecule has 0 aliphatic heterocycles. The Morgan fingerprint density at radius 2 is 1.76 bits per heavy atom. The van der Waals surface area contributed by atoms with Crippen LogP contribution in [0.25, 0.3) is 10.9 Å². The standard InChI is InChI=1S/C35H35N5O5/c1-44-28-5-3-4-23(31(28)45-2)7-6-19-11-24(13-25-17-38-34(37)39-32(25)36)29-27(12-19)40(18-26(30(29)41)33(42)43)35-14-20-8-21(15-35)10-22(9-20)16-35/h3-5,11-12,17-18,20-22H,8-10,13-16H2,1-2H3,(H,42,43)(H4,36,37,38,39). The van der Waals surface area contributed by atoms with Crippen molar-refractivity contribution in [3.63, 3.8) is 0 Å². The molecule has 4 saturated carbocycles. The van der Waals surface area contributed by atoms with Crippen molar-refractivity contribution in [3.8, 4) is 23.3 Å². The summed E-state index contributed by atoms with van der Waals surface area (Å²) in [5, 5.41) is 10.6. The topological polar surface area (TPSA) is 156 Å². The molecule has 0 radical (unpaired) electrons. The molecule has 4 bridgehead atoms. The molecule has 4 aliphatic rings. The Kier molecular flexibility index (Phi) is 6.92. The number of aromatic nitrogens is 3. The number of nitrogens with two attached hydrogens (primary N) is 2. The summed E-state index contributed by atoms with van der Waals surface area (Å²) in [5.74, 6) is 8.43. The second-order valence-electron chi connectivity index (χ2n) is 12.8. The predicted octanol–water partition coefficient (Wildman–Crippen LogP) is 4.59. The Balaban J connectivity index is 1.49. The Morgan fingerprint density at radius 3 is 2.38 bits per heavy atom. The number of carboxylic acid groups (broad SMARTS) is 1. The molecule has 4 aromatic rings. The number of rotatable bonds is 6. The van der Waals surface area contributed by atoms with Crippen molar-refractivity contribution in [1.82, 2.24) is 14.5 Å². The van der Waals surface area contributed by atoms with Crippen LogP contribution < -0.4 is 26.4 Å². The van der Waals surface area contributed by atoms with Crippen molar-refractivity contribution in [3.05, 3.63) is 80.8 Å². The molecule has 0 amide bonds. The number of fused-ring (bicyclic) bond motifs is 1. The van der Waals surface area contributed by atoms with Gasteiger partial charge < -0.3 is 30.6 Å². The second kappa shape index (κ2) is 10.8. The van der Waals surface area contributed by atoms with Gasteiger partial charge in [-0.2, -0.15) is 4.98 Å². The fourth-order valence-corrected chi connectivity index (χ4v) is 8.55. The first-order valence-electron chi connectivity index (χ1n) is 15.2. The third-order valence-corrected chi connectivity index (χ3v) is 9.98. The second-order valence-corrected chi connectivity index (χ2v) is 12.8. The number of benzene rings is 2. The summed E-state index contributed by atoms with van der Waals surface area (Å²) in [6.45, 7) is 0. The van der Waals surface area contributed by atoms with Crippen LogP contribution in [0.3, 0.4) is 0 Å². The summed E-state index contributed by atoms with van der Waals surface area (Å²) >= 11 is 0. The lowest BCUT2D eigenvalue weighted by molar-refractivity contribution is -0.0411. The highest BCUT2D eigenvalue weighted by molar-refractivity contribution is 5.94. The molecule has 10 heteroatoms. The normalized spacial score (nSPS) is 23.0. The third-order valence-electron chi connectivity index (χ3n) is 9.98. The summed E-state index contributed by atoms with van der Waals surface area (Å²) in [7, 11) is 3.15. The number of methoxy groups -OCH3 is 2. The van der Waals surface area contributed by atoms with Crippen LogP contribution in [0.4, 0.5) is 11.8 Å². The van der Waals surface area contributed by atoms with E-state index in [0.717, 1.165) is 19.3 Å². The van der Waals surface area contributed by atoms with Crippen molar-refractivity contribution in [2.45, 2.75) is 50.5 Å². The van der Waals surface area contributed by atoms with Gasteiger partial charge in [0.1, 0.15) is 11.4 Å². The van der Waals surface area contributed by atoms with E-state index < -0.39 is 11.4 Å². The zero-order valence-corrected chi connectivity index (χ0v) is 25.3. The molecule has 5 N–H and O–H groups in total. The Bertz CT molecular complexity index is 1950. The number of nitrogen functional groups attached to an aromatic ring is 2. The number of hydrogen-bond acceptors (Lipinski definition) is 8. The van der Waals surface area contributed by atoms with Crippen molar-refractivity contribution >= 4 is 28.6 Å². The lowest BCUT2D eigenvalue weighted by atomic mass is 9.53. The number of carboxylic acids is 1. The number of pyridine rings is 1. The SMILES string of the molecule is COc1cccc(C#Cc2cc(Cc3cnc(N)nc3N)c3c(=O)c(C(=O)O)cn(C45CC6CC(CC(C6)C4)C5)c3c2)c1OC. The van der Waals surface area contributed by atoms with E-state index >= 15 is 0 Å². The quantitative estimate of drug-likeness (QED) is 0.268. The maximum Gasteiger partial charge on any atom is 0.341 e. The summed E-state index contributed by atoms with van der Waals surface area (Å²) in [6, 6.07) is 9.26. The number of ether oxygens (including phenoxy) is 2. The van der Waals surface area contributed by atoms with E-state index in [-0.39, 0.29) is 29.3 Å². The van der Waals surface area contributed by atoms with Gasteiger partial charge in [0.05, 0.1) is 30.7 Å². The van der Waals surface area contributed by atoms with E-state index in [1.165, 1.54) is 19.3 Å². The molecule has 2 aromatic heterocycles. The van der Waals surface area contributed by atoms with E-state index in [1.807, 2.05) is 24.3 Å². The van der Waals surface area contributed by atoms with Crippen LogP contribution >= 0.6 is 0 Å². The monoisotopic (exact) mass is 605 g/mol. The molecule has 0 atom stereocenters. The van der Waals surface area contributed by atoms with Crippen LogP contribution in [0.1, 0.15) is 71.1 Å². The fraction of sp³-hybridized carbons (Fsp3) is 0.371. The molecule has 230 valence electrons. The van der Waals surface area contributed by atoms with Crippen molar-refractivity contribution in [2.24, 2.45) is 17.8 Å². The summed E-state index contributed by atoms with van der Waals surface area (Å²) in [4.78, 5) is 34.8. The average molecular weight is 606 g/mol. The van der Waals surface area contributed by atoms with Crippen LogP contribution in [0.2, 0.25) is 0 Å². The van der Waals surface area contributed by atoms with Crippen LogP contribution in [0.5, 0.6) is 11.5 Å². The summed E-state index contributed by atoms with van der Waals surface area (Å²) in [6.07, 6.45) is 9.93. The van der Waals surface area contributed by atoms with Gasteiger partial charge in [-0.1, -0.05) is 17.9 Å². The molecule has 0 saturated heterocycles. The first kappa shape index (κ1) is 28.7. The van der Waals surface area contributed by atoms with Gasteiger partial charge in [0.25, 0.3) is 0 Å². The molecule has 4 aliphatic carbocycles. The Hall–Kier alpha value is -5.04. The fourth-order valence-electron chi connectivity index (χ4n) is 8.55. The number of para-hydroxylation sites is 1. The van der Waals surface area contributed by atoms with Gasteiger partial charge >= 0.3 is 5.97 Å². The number of anilines is 2. The van der Waals surface area contributed by atoms with E-state index in [1.54, 1.807) is 32.7 Å². The van der Waals surface area contributed by atoms with Crippen molar-refractivity contribution < 1.29 is 19.4 Å². The lowest BCUT2D eigenvalue weighted by Gasteiger charge is -2.58. The minimum atomic E-state index is -1.24. The summed E-state index contributed by atoms with van der Waals surface area (Å²) < 4.78 is 13.2. The van der Waals surface area contributed by atoms with E-state index in [2.05, 4.69) is 26.4 Å². The number of nitrogens with zero attached hydrogens (tertiary/aromatic N) is 3. The van der Waals surface area contributed by atoms with Gasteiger partial charge in [-0.05, 0) is 86.1 Å². The molecule has 45 heavy (non-hydrogen) atoms. The van der Waals surface area contributed by atoms with Gasteiger partial charge in [0.15, 0.2) is 11.5 Å². The van der Waals surface area contributed by atoms with E-state index in [4.69, 9.17) is 20.9 Å². The minimum absolute atomic E-state index is 0.0466. The molecule has 2 aromatic carbocycles. The maximum atomic E-state index is 14.0. The highest BCUT2D eigenvalue weighted by atomic mass is 16.5. The number of hydrogen-bond donors (Lipinski definition) is 3.